The lowest BCUT2D eigenvalue weighted by molar-refractivity contribution is 0.448. The SMILES string of the molecule is OBO.c1ccc2nc3ccccc3cc2c1. The molecule has 1 heterocycles. The van der Waals surface area contributed by atoms with Crippen LogP contribution in [0.25, 0.3) is 21.8 Å². The Morgan fingerprint density at radius 2 is 1.18 bits per heavy atom. The zero-order valence-electron chi connectivity index (χ0n) is 9.24. The van der Waals surface area contributed by atoms with Crippen molar-refractivity contribution in [2.45, 2.75) is 0 Å². The summed E-state index contributed by atoms with van der Waals surface area (Å²) in [5.41, 5.74) is 2.12. The molecular weight excluding hydrogens is 213 g/mol. The molecule has 3 rings (SSSR count). The van der Waals surface area contributed by atoms with E-state index in [4.69, 9.17) is 10.0 Å². The molecule has 0 atom stereocenters. The van der Waals surface area contributed by atoms with Crippen molar-refractivity contribution < 1.29 is 10.0 Å². The zero-order chi connectivity index (χ0) is 12.1. The first-order chi connectivity index (χ1) is 8.35. The minimum absolute atomic E-state index is 0.750. The molecule has 2 N–H and O–H groups in total. The first-order valence-electron chi connectivity index (χ1n) is 5.31. The normalized spacial score (nSPS) is 9.76. The summed E-state index contributed by atoms with van der Waals surface area (Å²) in [5.74, 6) is 0. The van der Waals surface area contributed by atoms with Crippen LogP contribution < -0.4 is 0 Å². The van der Waals surface area contributed by atoms with Gasteiger partial charge in [-0.2, -0.15) is 0 Å². The van der Waals surface area contributed by atoms with E-state index in [1.807, 2.05) is 36.4 Å². The summed E-state index contributed by atoms with van der Waals surface area (Å²) in [5, 5.41) is 16.7. The Morgan fingerprint density at radius 3 is 1.65 bits per heavy atom. The van der Waals surface area contributed by atoms with Crippen molar-refractivity contribution in [2.24, 2.45) is 0 Å². The number of hydrogen-bond donors (Lipinski definition) is 2. The second kappa shape index (κ2) is 5.43. The third-order valence-electron chi connectivity index (χ3n) is 2.43. The zero-order valence-corrected chi connectivity index (χ0v) is 9.24. The van der Waals surface area contributed by atoms with Gasteiger partial charge in [-0.05, 0) is 18.2 Å². The quantitative estimate of drug-likeness (QED) is 0.451. The lowest BCUT2D eigenvalue weighted by Gasteiger charge is -1.99. The number of fused-ring (bicyclic) bond motifs is 2. The number of benzene rings is 2. The lowest BCUT2D eigenvalue weighted by Crippen LogP contribution is -1.80. The van der Waals surface area contributed by atoms with Gasteiger partial charge in [0.05, 0.1) is 11.0 Å². The third-order valence-corrected chi connectivity index (χ3v) is 2.43. The molecule has 0 aliphatic rings. The third kappa shape index (κ3) is 2.61. The Balaban J connectivity index is 0.000000329. The van der Waals surface area contributed by atoms with E-state index < -0.39 is 7.69 Å². The summed E-state index contributed by atoms with van der Waals surface area (Å²) in [6.07, 6.45) is 0. The van der Waals surface area contributed by atoms with Gasteiger partial charge in [0.15, 0.2) is 0 Å². The maximum absolute atomic E-state index is 7.12. The average Bonchev–Trinajstić information content (AvgIpc) is 2.37. The fraction of sp³-hybridized carbons (Fsp3) is 0. The number of aromatic nitrogens is 1. The van der Waals surface area contributed by atoms with Crippen LogP contribution >= 0.6 is 0 Å². The molecule has 17 heavy (non-hydrogen) atoms. The van der Waals surface area contributed by atoms with E-state index in [0.29, 0.717) is 0 Å². The van der Waals surface area contributed by atoms with Crippen molar-refractivity contribution in [3.05, 3.63) is 54.6 Å². The van der Waals surface area contributed by atoms with Crippen molar-refractivity contribution in [1.82, 2.24) is 4.98 Å². The first-order valence-corrected chi connectivity index (χ1v) is 5.31. The van der Waals surface area contributed by atoms with Gasteiger partial charge in [-0.1, -0.05) is 36.4 Å². The van der Waals surface area contributed by atoms with Crippen LogP contribution in [0.3, 0.4) is 0 Å². The maximum Gasteiger partial charge on any atom is 0.432 e. The topological polar surface area (TPSA) is 53.4 Å². The van der Waals surface area contributed by atoms with E-state index in [0.717, 1.165) is 11.0 Å². The van der Waals surface area contributed by atoms with Gasteiger partial charge in [-0.25, -0.2) is 4.98 Å². The van der Waals surface area contributed by atoms with E-state index >= 15 is 0 Å². The highest BCUT2D eigenvalue weighted by molar-refractivity contribution is 6.13. The minimum atomic E-state index is -0.750. The molecule has 0 saturated carbocycles. The Kier molecular flexibility index (Phi) is 3.70. The molecule has 0 radical (unpaired) electrons. The molecule has 0 amide bonds. The second-order valence-electron chi connectivity index (χ2n) is 3.52. The van der Waals surface area contributed by atoms with Gasteiger partial charge < -0.3 is 10.0 Å². The number of hydrogen-bond acceptors (Lipinski definition) is 3. The molecule has 0 spiro atoms. The highest BCUT2D eigenvalue weighted by Crippen LogP contribution is 2.18. The summed E-state index contributed by atoms with van der Waals surface area (Å²) >= 11 is 0. The summed E-state index contributed by atoms with van der Waals surface area (Å²) in [6.45, 7) is 0. The first kappa shape index (κ1) is 11.6. The molecule has 3 aromatic rings. The molecule has 84 valence electrons. The average molecular weight is 225 g/mol. The highest BCUT2D eigenvalue weighted by Gasteiger charge is 1.96. The van der Waals surface area contributed by atoms with Gasteiger partial charge >= 0.3 is 7.69 Å². The molecule has 2 aromatic carbocycles. The standard InChI is InChI=1S/C13H9N.BH3O2/c1-3-7-12-10(5-1)9-11-6-2-4-8-13(11)14-12;2-1-3/h1-9H;1-3H. The van der Waals surface area contributed by atoms with Crippen LogP contribution in [0.4, 0.5) is 0 Å². The van der Waals surface area contributed by atoms with Crippen LogP contribution in [0.5, 0.6) is 0 Å². The largest absolute Gasteiger partial charge is 0.432 e. The predicted molar refractivity (Wildman–Crippen MR) is 70.8 cm³/mol. The molecule has 0 aliphatic heterocycles. The van der Waals surface area contributed by atoms with Gasteiger partial charge in [0.2, 0.25) is 0 Å². The Labute approximate surface area is 99.7 Å². The van der Waals surface area contributed by atoms with Crippen LogP contribution in [0, 0.1) is 0 Å². The van der Waals surface area contributed by atoms with Crippen molar-refractivity contribution in [3.8, 4) is 0 Å². The van der Waals surface area contributed by atoms with Crippen LogP contribution in [0.15, 0.2) is 54.6 Å². The summed E-state index contributed by atoms with van der Waals surface area (Å²) in [6, 6.07) is 18.6. The number of nitrogens with zero attached hydrogens (tertiary/aromatic N) is 1. The summed E-state index contributed by atoms with van der Waals surface area (Å²) in [4.78, 5) is 4.58. The van der Waals surface area contributed by atoms with Gasteiger partial charge in [0.25, 0.3) is 0 Å². The molecular formula is C13H12BNO2. The molecule has 0 aliphatic carbocycles. The molecule has 0 fully saturated rings. The Morgan fingerprint density at radius 1 is 0.765 bits per heavy atom. The van der Waals surface area contributed by atoms with Crippen molar-refractivity contribution in [1.29, 1.82) is 0 Å². The lowest BCUT2D eigenvalue weighted by atomic mass is 10.1. The van der Waals surface area contributed by atoms with Crippen LogP contribution in [-0.2, 0) is 0 Å². The van der Waals surface area contributed by atoms with Crippen LogP contribution in [0.2, 0.25) is 0 Å². The van der Waals surface area contributed by atoms with Crippen molar-refractivity contribution in [2.75, 3.05) is 0 Å². The van der Waals surface area contributed by atoms with E-state index in [9.17, 15) is 0 Å². The molecule has 0 saturated heterocycles. The molecule has 0 bridgehead atoms. The smallest absolute Gasteiger partial charge is 0.430 e. The predicted octanol–water partition coefficient (Wildman–Crippen LogP) is 1.63. The van der Waals surface area contributed by atoms with E-state index in [1.165, 1.54) is 10.8 Å². The number of rotatable bonds is 0. The highest BCUT2D eigenvalue weighted by atomic mass is 16.4. The summed E-state index contributed by atoms with van der Waals surface area (Å²) in [7, 11) is -0.750. The Bertz CT molecular complexity index is 523. The van der Waals surface area contributed by atoms with Crippen LogP contribution in [0.1, 0.15) is 0 Å². The van der Waals surface area contributed by atoms with Crippen molar-refractivity contribution >= 4 is 29.5 Å². The Hall–Kier alpha value is -1.91. The molecule has 4 heteroatoms. The fourth-order valence-electron chi connectivity index (χ4n) is 1.72. The fourth-order valence-corrected chi connectivity index (χ4v) is 1.72. The second-order valence-corrected chi connectivity index (χ2v) is 3.52. The van der Waals surface area contributed by atoms with E-state index in [1.54, 1.807) is 0 Å². The monoisotopic (exact) mass is 225 g/mol. The number of pyridine rings is 1. The van der Waals surface area contributed by atoms with Gasteiger partial charge in [0, 0.05) is 10.8 Å². The van der Waals surface area contributed by atoms with E-state index in [2.05, 4.69) is 23.2 Å². The van der Waals surface area contributed by atoms with E-state index in [-0.39, 0.29) is 0 Å². The number of para-hydroxylation sites is 2. The minimum Gasteiger partial charge on any atom is -0.430 e. The van der Waals surface area contributed by atoms with Gasteiger partial charge in [-0.15, -0.1) is 0 Å². The van der Waals surface area contributed by atoms with Gasteiger partial charge in [-0.3, -0.25) is 0 Å². The summed E-state index contributed by atoms with van der Waals surface area (Å²) < 4.78 is 0. The molecule has 0 unspecified atom stereocenters. The van der Waals surface area contributed by atoms with Gasteiger partial charge in [0.1, 0.15) is 0 Å². The van der Waals surface area contributed by atoms with Crippen LogP contribution in [-0.4, -0.2) is 22.7 Å². The molecule has 3 nitrogen and oxygen atoms in total. The van der Waals surface area contributed by atoms with Crippen molar-refractivity contribution in [3.63, 3.8) is 0 Å². The maximum atomic E-state index is 7.12. The molecule has 1 aromatic heterocycles.